The van der Waals surface area contributed by atoms with Crippen LogP contribution in [-0.2, 0) is 0 Å². The van der Waals surface area contributed by atoms with Crippen molar-refractivity contribution in [1.29, 1.82) is 5.26 Å². The van der Waals surface area contributed by atoms with Crippen molar-refractivity contribution in [3.63, 3.8) is 0 Å². The van der Waals surface area contributed by atoms with Crippen molar-refractivity contribution >= 4 is 22.8 Å². The maximum Gasteiger partial charge on any atom is 0.0922 e. The topological polar surface area (TPSA) is 88.0 Å². The Hall–Kier alpha value is -2.74. The lowest BCUT2D eigenvalue weighted by atomic mass is 9.85. The molecule has 1 aromatic heterocycles. The smallest absolute Gasteiger partial charge is 0.0922 e. The summed E-state index contributed by atoms with van der Waals surface area (Å²) >= 11 is 0. The Morgan fingerprint density at radius 3 is 2.71 bits per heavy atom. The molecule has 5 heteroatoms. The fourth-order valence-electron chi connectivity index (χ4n) is 3.10. The monoisotopic (exact) mass is 319 g/mol. The first kappa shape index (κ1) is 16.1. The van der Waals surface area contributed by atoms with Gasteiger partial charge >= 0.3 is 0 Å². The summed E-state index contributed by atoms with van der Waals surface area (Å²) in [5.74, 6) is 0.539. The summed E-state index contributed by atoms with van der Waals surface area (Å²) in [6, 6.07) is 10.3. The molecular formula is C19H21N5. The average Bonchev–Trinajstić information content (AvgIpc) is 2.64. The molecule has 1 heterocycles. The Balaban J connectivity index is 1.69. The van der Waals surface area contributed by atoms with Crippen molar-refractivity contribution < 1.29 is 0 Å². The van der Waals surface area contributed by atoms with Gasteiger partial charge in [-0.15, -0.1) is 0 Å². The van der Waals surface area contributed by atoms with Crippen LogP contribution < -0.4 is 5.73 Å². The van der Waals surface area contributed by atoms with E-state index in [1.807, 2.05) is 30.5 Å². The SMILES string of the molecule is N#CCC1CCC(N=CC(=CN)c2cnc3ccccc3n2)CC1. The van der Waals surface area contributed by atoms with Crippen molar-refractivity contribution in [2.24, 2.45) is 16.6 Å². The van der Waals surface area contributed by atoms with Gasteiger partial charge in [0.15, 0.2) is 0 Å². The first-order valence-electron chi connectivity index (χ1n) is 8.34. The number of nitriles is 1. The summed E-state index contributed by atoms with van der Waals surface area (Å²) in [5, 5.41) is 8.78. The van der Waals surface area contributed by atoms with E-state index in [2.05, 4.69) is 21.0 Å². The third-order valence-corrected chi connectivity index (χ3v) is 4.54. The molecule has 1 aromatic carbocycles. The maximum atomic E-state index is 8.78. The molecule has 2 aromatic rings. The highest BCUT2D eigenvalue weighted by molar-refractivity contribution is 6.09. The number of aromatic nitrogens is 2. The van der Waals surface area contributed by atoms with Gasteiger partial charge in [0.1, 0.15) is 0 Å². The lowest BCUT2D eigenvalue weighted by Crippen LogP contribution is -2.17. The number of benzene rings is 1. The highest BCUT2D eigenvalue weighted by atomic mass is 14.8. The van der Waals surface area contributed by atoms with Crippen molar-refractivity contribution in [1.82, 2.24) is 9.97 Å². The molecule has 0 atom stereocenters. The van der Waals surface area contributed by atoms with E-state index in [1.165, 1.54) is 6.20 Å². The van der Waals surface area contributed by atoms with Gasteiger partial charge in [0.05, 0.1) is 29.0 Å². The van der Waals surface area contributed by atoms with Gasteiger partial charge in [0.2, 0.25) is 0 Å². The summed E-state index contributed by atoms with van der Waals surface area (Å²) in [4.78, 5) is 13.7. The Labute approximate surface area is 141 Å². The predicted molar refractivity (Wildman–Crippen MR) is 96.2 cm³/mol. The molecule has 24 heavy (non-hydrogen) atoms. The highest BCUT2D eigenvalue weighted by Crippen LogP contribution is 2.28. The van der Waals surface area contributed by atoms with E-state index in [1.54, 1.807) is 6.20 Å². The Bertz CT molecular complexity index is 795. The fraction of sp³-hybridized carbons (Fsp3) is 0.368. The number of aliphatic imine (C=N–C) groups is 1. The lowest BCUT2D eigenvalue weighted by molar-refractivity contribution is 0.332. The normalized spacial score (nSPS) is 21.9. The number of nitrogens with zero attached hydrogens (tertiary/aromatic N) is 4. The third kappa shape index (κ3) is 3.77. The summed E-state index contributed by atoms with van der Waals surface area (Å²) in [6.07, 6.45) is 9.96. The van der Waals surface area contributed by atoms with Crippen molar-refractivity contribution in [3.05, 3.63) is 42.4 Å². The van der Waals surface area contributed by atoms with Gasteiger partial charge in [-0.05, 0) is 43.7 Å². The third-order valence-electron chi connectivity index (χ3n) is 4.54. The zero-order valence-electron chi connectivity index (χ0n) is 13.6. The molecule has 0 radical (unpaired) electrons. The van der Waals surface area contributed by atoms with E-state index >= 15 is 0 Å². The molecule has 1 aliphatic rings. The molecule has 2 N–H and O–H groups in total. The molecule has 5 nitrogen and oxygen atoms in total. The zero-order chi connectivity index (χ0) is 16.8. The van der Waals surface area contributed by atoms with E-state index in [0.29, 0.717) is 18.4 Å². The molecule has 0 aliphatic heterocycles. The van der Waals surface area contributed by atoms with Gasteiger partial charge in [-0.25, -0.2) is 4.98 Å². The molecule has 0 unspecified atom stereocenters. The maximum absolute atomic E-state index is 8.78. The second-order valence-electron chi connectivity index (χ2n) is 6.18. The minimum Gasteiger partial charge on any atom is -0.404 e. The van der Waals surface area contributed by atoms with E-state index in [0.717, 1.165) is 48.0 Å². The summed E-state index contributed by atoms with van der Waals surface area (Å²) in [5.41, 5.74) is 9.00. The second-order valence-corrected chi connectivity index (χ2v) is 6.18. The molecule has 1 fully saturated rings. The molecule has 1 saturated carbocycles. The van der Waals surface area contributed by atoms with Gasteiger partial charge in [-0.3, -0.25) is 9.98 Å². The van der Waals surface area contributed by atoms with Crippen molar-refractivity contribution in [3.8, 4) is 6.07 Å². The Morgan fingerprint density at radius 1 is 1.25 bits per heavy atom. The number of nitrogens with two attached hydrogens (primary N) is 1. The molecule has 0 amide bonds. The summed E-state index contributed by atoms with van der Waals surface area (Å²) in [7, 11) is 0. The van der Waals surface area contributed by atoms with Crippen LogP contribution in [0.1, 0.15) is 37.8 Å². The number of fused-ring (bicyclic) bond motifs is 1. The second kappa shape index (κ2) is 7.69. The number of hydrogen-bond acceptors (Lipinski definition) is 5. The average molecular weight is 319 g/mol. The Morgan fingerprint density at radius 2 is 2.00 bits per heavy atom. The van der Waals surface area contributed by atoms with Crippen LogP contribution >= 0.6 is 0 Å². The van der Waals surface area contributed by atoms with Crippen molar-refractivity contribution in [2.75, 3.05) is 0 Å². The molecule has 122 valence electrons. The largest absolute Gasteiger partial charge is 0.404 e. The minimum absolute atomic E-state index is 0.309. The zero-order valence-corrected chi connectivity index (χ0v) is 13.6. The Kier molecular flexibility index (Phi) is 5.17. The van der Waals surface area contributed by atoms with E-state index in [9.17, 15) is 0 Å². The van der Waals surface area contributed by atoms with Gasteiger partial charge in [0.25, 0.3) is 0 Å². The quantitative estimate of drug-likeness (QED) is 0.874. The highest BCUT2D eigenvalue weighted by Gasteiger charge is 2.20. The molecule has 0 saturated heterocycles. The molecular weight excluding hydrogens is 298 g/mol. The first-order chi connectivity index (χ1) is 11.8. The number of hydrogen-bond donors (Lipinski definition) is 1. The van der Waals surface area contributed by atoms with Crippen LogP contribution in [0.5, 0.6) is 0 Å². The first-order valence-corrected chi connectivity index (χ1v) is 8.34. The molecule has 3 rings (SSSR count). The number of para-hydroxylation sites is 2. The van der Waals surface area contributed by atoms with Gasteiger partial charge in [0, 0.05) is 30.5 Å². The van der Waals surface area contributed by atoms with Crippen molar-refractivity contribution in [2.45, 2.75) is 38.1 Å². The van der Waals surface area contributed by atoms with Crippen LogP contribution in [0.25, 0.3) is 16.6 Å². The van der Waals surface area contributed by atoms with Crippen LogP contribution in [0.3, 0.4) is 0 Å². The standard InChI is InChI=1S/C19H21N5/c20-10-9-14-5-7-16(8-6-14)22-12-15(11-21)19-13-23-17-3-1-2-4-18(17)24-19/h1-4,11-14,16H,5-9,21H2. The summed E-state index contributed by atoms with van der Waals surface area (Å²) < 4.78 is 0. The molecule has 0 spiro atoms. The van der Waals surface area contributed by atoms with E-state index in [4.69, 9.17) is 11.0 Å². The van der Waals surface area contributed by atoms with Crippen LogP contribution in [0.2, 0.25) is 0 Å². The minimum atomic E-state index is 0.309. The summed E-state index contributed by atoms with van der Waals surface area (Å²) in [6.45, 7) is 0. The van der Waals surface area contributed by atoms with Crippen LogP contribution in [-0.4, -0.2) is 22.2 Å². The number of rotatable bonds is 4. The predicted octanol–water partition coefficient (Wildman–Crippen LogP) is 3.47. The fourth-order valence-corrected chi connectivity index (χ4v) is 3.10. The van der Waals surface area contributed by atoms with Gasteiger partial charge in [-0.2, -0.15) is 5.26 Å². The van der Waals surface area contributed by atoms with Crippen LogP contribution in [0.15, 0.2) is 41.7 Å². The van der Waals surface area contributed by atoms with Crippen LogP contribution in [0, 0.1) is 17.2 Å². The molecule has 0 bridgehead atoms. The number of allylic oxidation sites excluding steroid dienone is 1. The van der Waals surface area contributed by atoms with E-state index < -0.39 is 0 Å². The van der Waals surface area contributed by atoms with Gasteiger partial charge < -0.3 is 5.73 Å². The van der Waals surface area contributed by atoms with Crippen LogP contribution in [0.4, 0.5) is 0 Å². The van der Waals surface area contributed by atoms with Gasteiger partial charge in [-0.1, -0.05) is 12.1 Å². The van der Waals surface area contributed by atoms with E-state index in [-0.39, 0.29) is 0 Å². The molecule has 1 aliphatic carbocycles. The lowest BCUT2D eigenvalue weighted by Gasteiger charge is -2.24.